The van der Waals surface area contributed by atoms with E-state index in [4.69, 9.17) is 0 Å². The molecule has 1 aromatic carbocycles. The number of esters is 1. The number of nitrogens with one attached hydrogen (secondary N) is 1. The Labute approximate surface area is 130 Å². The molecule has 0 aliphatic carbocycles. The van der Waals surface area contributed by atoms with E-state index in [1.807, 2.05) is 6.92 Å². The minimum Gasteiger partial charge on any atom is -0.468 e. The van der Waals surface area contributed by atoms with Crippen LogP contribution in [0.15, 0.2) is 29.2 Å². The molecule has 1 N–H and O–H groups in total. The van der Waals surface area contributed by atoms with Crippen LogP contribution >= 0.6 is 0 Å². The molecule has 0 radical (unpaired) electrons. The van der Waals surface area contributed by atoms with E-state index in [9.17, 15) is 18.0 Å². The van der Waals surface area contributed by atoms with Crippen molar-refractivity contribution in [2.75, 3.05) is 7.11 Å². The third-order valence-electron chi connectivity index (χ3n) is 3.50. The molecule has 0 aliphatic rings. The van der Waals surface area contributed by atoms with Crippen LogP contribution in [0.3, 0.4) is 0 Å². The zero-order chi connectivity index (χ0) is 16.9. The van der Waals surface area contributed by atoms with Gasteiger partial charge in [0.15, 0.2) is 5.78 Å². The van der Waals surface area contributed by atoms with Crippen molar-refractivity contribution in [2.24, 2.45) is 5.92 Å². The first-order chi connectivity index (χ1) is 10.2. The molecule has 0 unspecified atom stereocenters. The Hall–Kier alpha value is -1.73. The number of sulfonamides is 1. The second kappa shape index (κ2) is 7.51. The molecule has 2 atom stereocenters. The first kappa shape index (κ1) is 18.3. The van der Waals surface area contributed by atoms with E-state index < -0.39 is 22.0 Å². The van der Waals surface area contributed by atoms with Gasteiger partial charge in [-0.05, 0) is 25.0 Å². The molecule has 0 aliphatic heterocycles. The highest BCUT2D eigenvalue weighted by molar-refractivity contribution is 7.89. The molecule has 122 valence electrons. The number of carbonyl (C=O) groups excluding carboxylic acids is 2. The Balaban J connectivity index is 3.14. The van der Waals surface area contributed by atoms with Crippen LogP contribution in [0.25, 0.3) is 0 Å². The summed E-state index contributed by atoms with van der Waals surface area (Å²) in [6.45, 7) is 4.97. The zero-order valence-corrected chi connectivity index (χ0v) is 13.9. The van der Waals surface area contributed by atoms with E-state index in [2.05, 4.69) is 9.46 Å². The number of Topliss-reactive ketones (excluding diaryl/α,β-unsaturated/α-hetero) is 1. The number of ether oxygens (including phenoxy) is 1. The summed E-state index contributed by atoms with van der Waals surface area (Å²) < 4.78 is 31.9. The highest BCUT2D eigenvalue weighted by Crippen LogP contribution is 2.16. The molecule has 0 saturated heterocycles. The molecule has 0 spiro atoms. The van der Waals surface area contributed by atoms with Gasteiger partial charge in [-0.15, -0.1) is 0 Å². The maximum absolute atomic E-state index is 12.4. The van der Waals surface area contributed by atoms with Crippen molar-refractivity contribution in [3.63, 3.8) is 0 Å². The zero-order valence-electron chi connectivity index (χ0n) is 13.1. The number of methoxy groups -OCH3 is 1. The normalized spacial score (nSPS) is 14.2. The van der Waals surface area contributed by atoms with Crippen LogP contribution in [0.5, 0.6) is 0 Å². The van der Waals surface area contributed by atoms with Crippen LogP contribution in [-0.4, -0.2) is 33.3 Å². The molecule has 6 nitrogen and oxygen atoms in total. The van der Waals surface area contributed by atoms with Gasteiger partial charge in [-0.25, -0.2) is 8.42 Å². The van der Waals surface area contributed by atoms with Crippen molar-refractivity contribution in [1.29, 1.82) is 0 Å². The standard InChI is InChI=1S/C15H21NO5S/c1-5-10(2)14(15(18)21-4)16-22(19,20)13-8-6-7-12(9-13)11(3)17/h6-10,14,16H,5H2,1-4H3/t10-,14-/m1/s1. The Morgan fingerprint density at radius 1 is 1.32 bits per heavy atom. The fraction of sp³-hybridized carbons (Fsp3) is 0.467. The fourth-order valence-corrected chi connectivity index (χ4v) is 3.22. The highest BCUT2D eigenvalue weighted by atomic mass is 32.2. The van der Waals surface area contributed by atoms with Gasteiger partial charge in [0.1, 0.15) is 6.04 Å². The van der Waals surface area contributed by atoms with Crippen molar-refractivity contribution < 1.29 is 22.7 Å². The van der Waals surface area contributed by atoms with Crippen molar-refractivity contribution in [2.45, 2.75) is 38.1 Å². The van der Waals surface area contributed by atoms with E-state index in [1.54, 1.807) is 6.92 Å². The monoisotopic (exact) mass is 327 g/mol. The van der Waals surface area contributed by atoms with Crippen LogP contribution in [-0.2, 0) is 19.6 Å². The molecule has 0 fully saturated rings. The minimum atomic E-state index is -3.93. The molecule has 0 heterocycles. The predicted molar refractivity (Wildman–Crippen MR) is 82.0 cm³/mol. The molecular formula is C15H21NO5S. The average Bonchev–Trinajstić information content (AvgIpc) is 2.51. The topological polar surface area (TPSA) is 89.5 Å². The van der Waals surface area contributed by atoms with Gasteiger partial charge < -0.3 is 4.74 Å². The quantitative estimate of drug-likeness (QED) is 0.609. The highest BCUT2D eigenvalue weighted by Gasteiger charge is 2.30. The first-order valence-electron chi connectivity index (χ1n) is 6.94. The third kappa shape index (κ3) is 4.38. The van der Waals surface area contributed by atoms with Gasteiger partial charge in [0.25, 0.3) is 0 Å². The van der Waals surface area contributed by atoms with Gasteiger partial charge in [0, 0.05) is 5.56 Å². The average molecular weight is 327 g/mol. The van der Waals surface area contributed by atoms with Crippen LogP contribution in [0.2, 0.25) is 0 Å². The molecule has 0 bridgehead atoms. The summed E-state index contributed by atoms with van der Waals surface area (Å²) in [5.74, 6) is -1.10. The fourth-order valence-electron chi connectivity index (χ4n) is 1.88. The van der Waals surface area contributed by atoms with Gasteiger partial charge in [0.2, 0.25) is 10.0 Å². The number of hydrogen-bond acceptors (Lipinski definition) is 5. The summed E-state index contributed by atoms with van der Waals surface area (Å²) in [7, 11) is -2.72. The summed E-state index contributed by atoms with van der Waals surface area (Å²) in [5, 5.41) is 0. The van der Waals surface area contributed by atoms with E-state index in [-0.39, 0.29) is 16.6 Å². The summed E-state index contributed by atoms with van der Waals surface area (Å²) in [4.78, 5) is 23.1. The Morgan fingerprint density at radius 3 is 2.45 bits per heavy atom. The maximum Gasteiger partial charge on any atom is 0.324 e. The Kier molecular flexibility index (Phi) is 6.25. The van der Waals surface area contributed by atoms with Gasteiger partial charge in [-0.2, -0.15) is 4.72 Å². The Morgan fingerprint density at radius 2 is 1.95 bits per heavy atom. The molecule has 0 amide bonds. The lowest BCUT2D eigenvalue weighted by molar-refractivity contribution is -0.143. The van der Waals surface area contributed by atoms with Gasteiger partial charge in [-0.1, -0.05) is 32.4 Å². The third-order valence-corrected chi connectivity index (χ3v) is 4.94. The van der Waals surface area contributed by atoms with E-state index in [0.717, 1.165) is 0 Å². The molecule has 7 heteroatoms. The summed E-state index contributed by atoms with van der Waals surface area (Å²) in [6.07, 6.45) is 0.607. The SMILES string of the molecule is CC[C@@H](C)[C@@H](NS(=O)(=O)c1cccc(C(C)=O)c1)C(=O)OC. The lowest BCUT2D eigenvalue weighted by Gasteiger charge is -2.21. The van der Waals surface area contributed by atoms with E-state index in [1.165, 1.54) is 38.3 Å². The molecule has 0 saturated carbocycles. The second-order valence-electron chi connectivity index (χ2n) is 5.09. The molecule has 0 aromatic heterocycles. The maximum atomic E-state index is 12.4. The summed E-state index contributed by atoms with van der Waals surface area (Å²) >= 11 is 0. The number of rotatable bonds is 7. The van der Waals surface area contributed by atoms with Gasteiger partial charge in [0.05, 0.1) is 12.0 Å². The largest absolute Gasteiger partial charge is 0.468 e. The molecule has 1 aromatic rings. The van der Waals surface area contributed by atoms with Crippen molar-refractivity contribution in [3.05, 3.63) is 29.8 Å². The first-order valence-corrected chi connectivity index (χ1v) is 8.42. The number of benzene rings is 1. The van der Waals surface area contributed by atoms with Crippen LogP contribution in [0, 0.1) is 5.92 Å². The summed E-state index contributed by atoms with van der Waals surface area (Å²) in [5.41, 5.74) is 0.293. The Bertz CT molecular complexity index is 654. The molecule has 1 rings (SSSR count). The molecule has 22 heavy (non-hydrogen) atoms. The second-order valence-corrected chi connectivity index (χ2v) is 6.81. The smallest absolute Gasteiger partial charge is 0.324 e. The van der Waals surface area contributed by atoms with Crippen molar-refractivity contribution in [1.82, 2.24) is 4.72 Å². The summed E-state index contributed by atoms with van der Waals surface area (Å²) in [6, 6.07) is 4.71. The number of ketones is 1. The van der Waals surface area contributed by atoms with E-state index in [0.29, 0.717) is 12.0 Å². The van der Waals surface area contributed by atoms with Crippen LogP contribution in [0.4, 0.5) is 0 Å². The van der Waals surface area contributed by atoms with Crippen LogP contribution < -0.4 is 4.72 Å². The lowest BCUT2D eigenvalue weighted by Crippen LogP contribution is -2.45. The predicted octanol–water partition coefficient (Wildman–Crippen LogP) is 1.76. The minimum absolute atomic E-state index is 0.0580. The van der Waals surface area contributed by atoms with Crippen molar-refractivity contribution in [3.8, 4) is 0 Å². The van der Waals surface area contributed by atoms with Gasteiger partial charge >= 0.3 is 5.97 Å². The van der Waals surface area contributed by atoms with Gasteiger partial charge in [-0.3, -0.25) is 9.59 Å². The lowest BCUT2D eigenvalue weighted by atomic mass is 10.0. The van der Waals surface area contributed by atoms with Crippen molar-refractivity contribution >= 4 is 21.8 Å². The number of hydrogen-bond donors (Lipinski definition) is 1. The van der Waals surface area contributed by atoms with Crippen LogP contribution in [0.1, 0.15) is 37.6 Å². The molecular weight excluding hydrogens is 306 g/mol. The number of carbonyl (C=O) groups is 2. The van der Waals surface area contributed by atoms with E-state index >= 15 is 0 Å².